The van der Waals surface area contributed by atoms with Crippen LogP contribution in [0.1, 0.15) is 36.0 Å². The van der Waals surface area contributed by atoms with Gasteiger partial charge in [-0.05, 0) is 40.9 Å². The van der Waals surface area contributed by atoms with Gasteiger partial charge in [-0.15, -0.1) is 0 Å². The molecule has 0 saturated heterocycles. The van der Waals surface area contributed by atoms with E-state index in [1.54, 1.807) is 12.3 Å². The third kappa shape index (κ3) is 2.43. The van der Waals surface area contributed by atoms with E-state index in [4.69, 9.17) is 0 Å². The summed E-state index contributed by atoms with van der Waals surface area (Å²) in [6.45, 7) is 0. The lowest BCUT2D eigenvalue weighted by Crippen LogP contribution is -2.35. The van der Waals surface area contributed by atoms with Gasteiger partial charge in [-0.3, -0.25) is 4.79 Å². The number of carbonyl (C=O) groups is 1. The normalized spacial score (nSPS) is 16.4. The number of aromatic nitrogens is 1. The Labute approximate surface area is 104 Å². The molecule has 0 atom stereocenters. The van der Waals surface area contributed by atoms with Crippen molar-refractivity contribution in [2.75, 3.05) is 7.05 Å². The highest BCUT2D eigenvalue weighted by atomic mass is 79.9. The van der Waals surface area contributed by atoms with Gasteiger partial charge in [0.05, 0.1) is 5.56 Å². The molecular weight excluding hydrogens is 268 g/mol. The van der Waals surface area contributed by atoms with Crippen molar-refractivity contribution in [1.82, 2.24) is 9.88 Å². The van der Waals surface area contributed by atoms with Gasteiger partial charge in [0.25, 0.3) is 5.91 Å². The second-order valence-electron chi connectivity index (χ2n) is 4.22. The molecule has 0 radical (unpaired) electrons. The van der Waals surface area contributed by atoms with Crippen LogP contribution in [0, 0.1) is 0 Å². The maximum atomic E-state index is 12.1. The molecule has 0 aliphatic heterocycles. The summed E-state index contributed by atoms with van der Waals surface area (Å²) in [5.74, 6) is 0.0758. The molecule has 1 amide bonds. The molecule has 4 heteroatoms. The zero-order valence-electron chi connectivity index (χ0n) is 9.32. The zero-order chi connectivity index (χ0) is 11.5. The van der Waals surface area contributed by atoms with Crippen LogP contribution in [-0.2, 0) is 0 Å². The minimum absolute atomic E-state index is 0.0758. The van der Waals surface area contributed by atoms with Gasteiger partial charge >= 0.3 is 0 Å². The third-order valence-electron chi connectivity index (χ3n) is 3.17. The van der Waals surface area contributed by atoms with E-state index in [0.29, 0.717) is 11.6 Å². The van der Waals surface area contributed by atoms with E-state index in [1.807, 2.05) is 18.0 Å². The number of carbonyl (C=O) groups excluding carboxylic acids is 1. The summed E-state index contributed by atoms with van der Waals surface area (Å²) >= 11 is 3.26. The van der Waals surface area contributed by atoms with Crippen LogP contribution >= 0.6 is 15.9 Å². The summed E-state index contributed by atoms with van der Waals surface area (Å²) in [6.07, 6.45) is 6.36. The number of hydrogen-bond donors (Lipinski definition) is 0. The summed E-state index contributed by atoms with van der Waals surface area (Å²) in [4.78, 5) is 18.1. The van der Waals surface area contributed by atoms with E-state index in [1.165, 1.54) is 12.8 Å². The van der Waals surface area contributed by atoms with Crippen LogP contribution < -0.4 is 0 Å². The minimum atomic E-state index is 0.0758. The molecule has 0 unspecified atom stereocenters. The second-order valence-corrected chi connectivity index (χ2v) is 5.04. The average Bonchev–Trinajstić information content (AvgIpc) is 2.81. The van der Waals surface area contributed by atoms with Gasteiger partial charge < -0.3 is 4.90 Å². The molecule has 3 nitrogen and oxygen atoms in total. The maximum Gasteiger partial charge on any atom is 0.255 e. The molecule has 1 saturated carbocycles. The number of nitrogens with zero attached hydrogens (tertiary/aromatic N) is 2. The first kappa shape index (κ1) is 11.6. The van der Waals surface area contributed by atoms with Crippen LogP contribution in [0.15, 0.2) is 22.9 Å². The lowest BCUT2D eigenvalue weighted by atomic mass is 10.2. The summed E-state index contributed by atoms with van der Waals surface area (Å²) in [5.41, 5.74) is 0.664. The van der Waals surface area contributed by atoms with Gasteiger partial charge in [-0.25, -0.2) is 4.98 Å². The van der Waals surface area contributed by atoms with E-state index >= 15 is 0 Å². The standard InChI is InChI=1S/C12H15BrN2O/c1-15(10-4-2-3-5-10)12(16)9-6-7-11(13)14-8-9/h6-8,10H,2-5H2,1H3. The van der Waals surface area contributed by atoms with E-state index < -0.39 is 0 Å². The van der Waals surface area contributed by atoms with Crippen LogP contribution in [0.25, 0.3) is 0 Å². The van der Waals surface area contributed by atoms with Crippen LogP contribution in [0.5, 0.6) is 0 Å². The molecule has 1 aliphatic carbocycles. The Balaban J connectivity index is 2.08. The lowest BCUT2D eigenvalue weighted by Gasteiger charge is -2.24. The van der Waals surface area contributed by atoms with Crippen molar-refractivity contribution >= 4 is 21.8 Å². The minimum Gasteiger partial charge on any atom is -0.339 e. The highest BCUT2D eigenvalue weighted by molar-refractivity contribution is 9.10. The maximum absolute atomic E-state index is 12.1. The van der Waals surface area contributed by atoms with E-state index in [9.17, 15) is 4.79 Å². The Morgan fingerprint density at radius 2 is 2.12 bits per heavy atom. The Bertz CT molecular complexity index is 371. The second kappa shape index (κ2) is 4.95. The first-order valence-electron chi connectivity index (χ1n) is 5.57. The van der Waals surface area contributed by atoms with E-state index in [0.717, 1.165) is 17.4 Å². The zero-order valence-corrected chi connectivity index (χ0v) is 10.9. The van der Waals surface area contributed by atoms with Crippen molar-refractivity contribution in [2.24, 2.45) is 0 Å². The fraction of sp³-hybridized carbons (Fsp3) is 0.500. The molecule has 86 valence electrons. The first-order valence-corrected chi connectivity index (χ1v) is 6.36. The summed E-state index contributed by atoms with van der Waals surface area (Å²) in [6, 6.07) is 4.02. The monoisotopic (exact) mass is 282 g/mol. The molecular formula is C12H15BrN2O. The number of hydrogen-bond acceptors (Lipinski definition) is 2. The van der Waals surface area contributed by atoms with Crippen LogP contribution in [-0.4, -0.2) is 28.9 Å². The highest BCUT2D eigenvalue weighted by Crippen LogP contribution is 2.23. The van der Waals surface area contributed by atoms with Crippen molar-refractivity contribution < 1.29 is 4.79 Å². The Morgan fingerprint density at radius 3 is 2.69 bits per heavy atom. The fourth-order valence-electron chi connectivity index (χ4n) is 2.16. The fourth-order valence-corrected chi connectivity index (χ4v) is 2.40. The average molecular weight is 283 g/mol. The molecule has 0 N–H and O–H groups in total. The highest BCUT2D eigenvalue weighted by Gasteiger charge is 2.24. The predicted molar refractivity (Wildman–Crippen MR) is 66.3 cm³/mol. The first-order chi connectivity index (χ1) is 7.68. The SMILES string of the molecule is CN(C(=O)c1ccc(Br)nc1)C1CCCC1. The molecule has 1 aromatic rings. The summed E-state index contributed by atoms with van der Waals surface area (Å²) < 4.78 is 0.757. The van der Waals surface area contributed by atoms with Crippen molar-refractivity contribution in [1.29, 1.82) is 0 Å². The topological polar surface area (TPSA) is 33.2 Å². The summed E-state index contributed by atoms with van der Waals surface area (Å²) in [5, 5.41) is 0. The van der Waals surface area contributed by atoms with Gasteiger partial charge in [-0.2, -0.15) is 0 Å². The van der Waals surface area contributed by atoms with Crippen LogP contribution in [0.2, 0.25) is 0 Å². The van der Waals surface area contributed by atoms with Crippen LogP contribution in [0.3, 0.4) is 0 Å². The number of amides is 1. The van der Waals surface area contributed by atoms with Gasteiger partial charge in [-0.1, -0.05) is 12.8 Å². The molecule has 0 spiro atoms. The van der Waals surface area contributed by atoms with Crippen molar-refractivity contribution in [3.05, 3.63) is 28.5 Å². The quantitative estimate of drug-likeness (QED) is 0.782. The van der Waals surface area contributed by atoms with Crippen molar-refractivity contribution in [3.63, 3.8) is 0 Å². The lowest BCUT2D eigenvalue weighted by molar-refractivity contribution is 0.0734. The van der Waals surface area contributed by atoms with E-state index in [-0.39, 0.29) is 5.91 Å². The van der Waals surface area contributed by atoms with Crippen molar-refractivity contribution in [3.8, 4) is 0 Å². The molecule has 1 aliphatic rings. The third-order valence-corrected chi connectivity index (χ3v) is 3.64. The van der Waals surface area contributed by atoms with Gasteiger partial charge in [0, 0.05) is 19.3 Å². The molecule has 0 aromatic carbocycles. The van der Waals surface area contributed by atoms with Gasteiger partial charge in [0.1, 0.15) is 4.60 Å². The molecule has 16 heavy (non-hydrogen) atoms. The molecule has 0 bridgehead atoms. The Morgan fingerprint density at radius 1 is 1.44 bits per heavy atom. The Hall–Kier alpha value is -0.900. The van der Waals surface area contributed by atoms with E-state index in [2.05, 4.69) is 20.9 Å². The molecule has 1 aromatic heterocycles. The molecule has 1 fully saturated rings. The molecule has 2 rings (SSSR count). The van der Waals surface area contributed by atoms with Crippen molar-refractivity contribution in [2.45, 2.75) is 31.7 Å². The Kier molecular flexibility index (Phi) is 3.59. The number of rotatable bonds is 2. The number of halogens is 1. The van der Waals surface area contributed by atoms with Gasteiger partial charge in [0.15, 0.2) is 0 Å². The molecule has 1 heterocycles. The smallest absolute Gasteiger partial charge is 0.255 e. The largest absolute Gasteiger partial charge is 0.339 e. The summed E-state index contributed by atoms with van der Waals surface area (Å²) in [7, 11) is 1.89. The number of pyridine rings is 1. The van der Waals surface area contributed by atoms with Crippen LogP contribution in [0.4, 0.5) is 0 Å². The predicted octanol–water partition coefficient (Wildman–Crippen LogP) is 2.86. The van der Waals surface area contributed by atoms with Gasteiger partial charge in [0.2, 0.25) is 0 Å².